The maximum Gasteiger partial charge on any atom is 0.252 e. The first-order chi connectivity index (χ1) is 12.0. The van der Waals surface area contributed by atoms with E-state index in [4.69, 9.17) is 7.85 Å². The van der Waals surface area contributed by atoms with E-state index < -0.39 is 0 Å². The SMILES string of the molecule is [B]c1ccc(N2CC[C@@H](Cc3c(C)nc4nc(C)nn4c3C)C2)cc1. The predicted molar refractivity (Wildman–Crippen MR) is 101 cm³/mol. The van der Waals surface area contributed by atoms with Crippen molar-refractivity contribution >= 4 is 24.8 Å². The molecule has 4 rings (SSSR count). The summed E-state index contributed by atoms with van der Waals surface area (Å²) in [5, 5.41) is 4.48. The third-order valence-electron chi connectivity index (χ3n) is 5.19. The second kappa shape index (κ2) is 6.17. The Bertz CT molecular complexity index is 916. The largest absolute Gasteiger partial charge is 0.371 e. The van der Waals surface area contributed by atoms with Crippen molar-refractivity contribution in [1.82, 2.24) is 19.6 Å². The van der Waals surface area contributed by atoms with Gasteiger partial charge in [0.2, 0.25) is 0 Å². The van der Waals surface area contributed by atoms with Gasteiger partial charge in [-0.15, -0.1) is 0 Å². The molecule has 1 atom stereocenters. The monoisotopic (exact) mass is 331 g/mol. The maximum absolute atomic E-state index is 5.80. The first-order valence-electron chi connectivity index (χ1n) is 8.81. The fourth-order valence-electron chi connectivity index (χ4n) is 3.81. The zero-order valence-electron chi connectivity index (χ0n) is 15.0. The highest BCUT2D eigenvalue weighted by Crippen LogP contribution is 2.27. The van der Waals surface area contributed by atoms with Crippen LogP contribution in [-0.2, 0) is 6.42 Å². The van der Waals surface area contributed by atoms with Gasteiger partial charge in [-0.1, -0.05) is 17.6 Å². The second-order valence-corrected chi connectivity index (χ2v) is 7.03. The van der Waals surface area contributed by atoms with Crippen LogP contribution in [0.5, 0.6) is 0 Å². The number of nitrogens with zero attached hydrogens (tertiary/aromatic N) is 5. The normalized spacial score (nSPS) is 17.6. The molecule has 0 spiro atoms. The van der Waals surface area contributed by atoms with E-state index in [1.165, 1.54) is 17.7 Å². The van der Waals surface area contributed by atoms with Crippen LogP contribution in [0.4, 0.5) is 5.69 Å². The van der Waals surface area contributed by atoms with E-state index in [1.54, 1.807) is 0 Å². The van der Waals surface area contributed by atoms with Crippen LogP contribution in [0.25, 0.3) is 5.78 Å². The molecule has 25 heavy (non-hydrogen) atoms. The first-order valence-corrected chi connectivity index (χ1v) is 8.81. The molecule has 3 aromatic rings. The Kier molecular flexibility index (Phi) is 3.98. The number of benzene rings is 1. The summed E-state index contributed by atoms with van der Waals surface area (Å²) in [6, 6.07) is 8.17. The average Bonchev–Trinajstić information content (AvgIpc) is 3.18. The van der Waals surface area contributed by atoms with E-state index in [-0.39, 0.29) is 0 Å². The molecule has 0 unspecified atom stereocenters. The van der Waals surface area contributed by atoms with Gasteiger partial charge in [0.15, 0.2) is 0 Å². The lowest BCUT2D eigenvalue weighted by Crippen LogP contribution is -2.21. The van der Waals surface area contributed by atoms with Crippen molar-refractivity contribution in [1.29, 1.82) is 0 Å². The molecule has 0 amide bonds. The highest BCUT2D eigenvalue weighted by molar-refractivity contribution is 6.32. The standard InChI is InChI=1S/C19H22BN5/c1-12-18(13(2)25-19(21-12)22-14(3)23-25)10-15-8-9-24(11-15)17-6-4-16(20)5-7-17/h4-7,15H,8-11H2,1-3H3/t15-/m0/s1. The molecular formula is C19H22BN5. The first kappa shape index (κ1) is 16.1. The summed E-state index contributed by atoms with van der Waals surface area (Å²) >= 11 is 0. The minimum absolute atomic E-state index is 0.624. The molecular weight excluding hydrogens is 309 g/mol. The third kappa shape index (κ3) is 3.01. The predicted octanol–water partition coefficient (Wildman–Crippen LogP) is 1.91. The van der Waals surface area contributed by atoms with Crippen LogP contribution in [0.1, 0.15) is 29.2 Å². The summed E-state index contributed by atoms with van der Waals surface area (Å²) in [5.74, 6) is 2.09. The van der Waals surface area contributed by atoms with E-state index >= 15 is 0 Å². The van der Waals surface area contributed by atoms with Crippen LogP contribution in [0, 0.1) is 26.7 Å². The third-order valence-corrected chi connectivity index (χ3v) is 5.19. The molecule has 0 bridgehead atoms. The number of hydrogen-bond donors (Lipinski definition) is 0. The molecule has 1 saturated heterocycles. The molecule has 0 N–H and O–H groups in total. The van der Waals surface area contributed by atoms with Crippen molar-refractivity contribution in [3.05, 3.63) is 47.0 Å². The van der Waals surface area contributed by atoms with Gasteiger partial charge >= 0.3 is 0 Å². The molecule has 1 aromatic carbocycles. The van der Waals surface area contributed by atoms with Crippen molar-refractivity contribution in [2.45, 2.75) is 33.6 Å². The van der Waals surface area contributed by atoms with E-state index in [9.17, 15) is 0 Å². The molecule has 1 aliphatic heterocycles. The van der Waals surface area contributed by atoms with E-state index in [2.05, 4.69) is 45.9 Å². The van der Waals surface area contributed by atoms with Crippen molar-refractivity contribution in [2.75, 3.05) is 18.0 Å². The minimum atomic E-state index is 0.624. The summed E-state index contributed by atoms with van der Waals surface area (Å²) in [4.78, 5) is 11.5. The van der Waals surface area contributed by atoms with Crippen molar-refractivity contribution in [2.24, 2.45) is 5.92 Å². The van der Waals surface area contributed by atoms with Crippen LogP contribution in [0.15, 0.2) is 24.3 Å². The molecule has 5 nitrogen and oxygen atoms in total. The second-order valence-electron chi connectivity index (χ2n) is 7.03. The zero-order chi connectivity index (χ0) is 17.6. The van der Waals surface area contributed by atoms with Gasteiger partial charge in [-0.2, -0.15) is 10.1 Å². The topological polar surface area (TPSA) is 46.3 Å². The molecule has 126 valence electrons. The number of aromatic nitrogens is 4. The van der Waals surface area contributed by atoms with Gasteiger partial charge < -0.3 is 4.90 Å². The molecule has 1 fully saturated rings. The summed E-state index contributed by atoms with van der Waals surface area (Å²) in [7, 11) is 5.80. The smallest absolute Gasteiger partial charge is 0.252 e. The van der Waals surface area contributed by atoms with Crippen molar-refractivity contribution < 1.29 is 0 Å². The highest BCUT2D eigenvalue weighted by Gasteiger charge is 2.25. The number of rotatable bonds is 3. The Morgan fingerprint density at radius 2 is 1.88 bits per heavy atom. The molecule has 2 radical (unpaired) electrons. The molecule has 3 heterocycles. The van der Waals surface area contributed by atoms with Crippen LogP contribution in [0.2, 0.25) is 0 Å². The highest BCUT2D eigenvalue weighted by atomic mass is 15.3. The minimum Gasteiger partial charge on any atom is -0.371 e. The summed E-state index contributed by atoms with van der Waals surface area (Å²) < 4.78 is 1.88. The van der Waals surface area contributed by atoms with E-state index in [0.717, 1.165) is 42.2 Å². The number of hydrogen-bond acceptors (Lipinski definition) is 4. The molecule has 1 aliphatic rings. The Labute approximate surface area is 149 Å². The van der Waals surface area contributed by atoms with Crippen LogP contribution >= 0.6 is 0 Å². The number of anilines is 1. The van der Waals surface area contributed by atoms with Gasteiger partial charge in [0.25, 0.3) is 5.78 Å². The quantitative estimate of drug-likeness (QED) is 0.688. The van der Waals surface area contributed by atoms with Gasteiger partial charge in [-0.3, -0.25) is 0 Å². The molecule has 2 aromatic heterocycles. The fourth-order valence-corrected chi connectivity index (χ4v) is 3.81. The Hall–Kier alpha value is -2.37. The average molecular weight is 331 g/mol. The summed E-state index contributed by atoms with van der Waals surface area (Å²) in [6.45, 7) is 8.27. The van der Waals surface area contributed by atoms with Gasteiger partial charge in [-0.05, 0) is 57.2 Å². The number of fused-ring (bicyclic) bond motifs is 1. The van der Waals surface area contributed by atoms with Gasteiger partial charge in [-0.25, -0.2) is 9.50 Å². The summed E-state index contributed by atoms with van der Waals surface area (Å²) in [5.41, 5.74) is 5.61. The Morgan fingerprint density at radius 3 is 2.64 bits per heavy atom. The molecule has 0 saturated carbocycles. The lowest BCUT2D eigenvalue weighted by atomic mass is 9.96. The summed E-state index contributed by atoms with van der Waals surface area (Å²) in [6.07, 6.45) is 2.22. The van der Waals surface area contributed by atoms with Crippen LogP contribution in [0.3, 0.4) is 0 Å². The van der Waals surface area contributed by atoms with Crippen LogP contribution < -0.4 is 10.4 Å². The van der Waals surface area contributed by atoms with Gasteiger partial charge in [0, 0.05) is 30.2 Å². The van der Waals surface area contributed by atoms with Crippen LogP contribution in [-0.4, -0.2) is 40.5 Å². The number of aryl methyl sites for hydroxylation is 3. The lowest BCUT2D eigenvalue weighted by Gasteiger charge is -2.19. The lowest BCUT2D eigenvalue weighted by molar-refractivity contribution is 0.577. The van der Waals surface area contributed by atoms with Gasteiger partial charge in [0.1, 0.15) is 13.7 Å². The Morgan fingerprint density at radius 1 is 1.12 bits per heavy atom. The molecule has 6 heteroatoms. The molecule has 0 aliphatic carbocycles. The maximum atomic E-state index is 5.80. The van der Waals surface area contributed by atoms with Crippen molar-refractivity contribution in [3.63, 3.8) is 0 Å². The van der Waals surface area contributed by atoms with E-state index in [1.807, 2.05) is 23.6 Å². The van der Waals surface area contributed by atoms with Gasteiger partial charge in [0.05, 0.1) is 0 Å². The van der Waals surface area contributed by atoms with E-state index in [0.29, 0.717) is 11.7 Å². The Balaban J connectivity index is 1.55. The van der Waals surface area contributed by atoms with Crippen molar-refractivity contribution in [3.8, 4) is 0 Å². The zero-order valence-corrected chi connectivity index (χ0v) is 15.0. The fraction of sp³-hybridized carbons (Fsp3) is 0.421.